The molecule has 4 heteroatoms. The molecule has 1 aromatic carbocycles. The Bertz CT molecular complexity index is 419. The number of halogens is 1. The largest absolute Gasteiger partial charge is 0.495 e. The maximum absolute atomic E-state index is 6.14. The molecule has 100 valence electrons. The van der Waals surface area contributed by atoms with Gasteiger partial charge in [0.1, 0.15) is 16.0 Å². The molecule has 1 atom stereocenters. The van der Waals surface area contributed by atoms with Crippen molar-refractivity contribution >= 4 is 15.9 Å². The van der Waals surface area contributed by atoms with E-state index in [0.29, 0.717) is 6.04 Å². The number of aryl methyl sites for hydroxylation is 1. The molecular weight excluding hydrogens is 294 g/mol. The van der Waals surface area contributed by atoms with Crippen molar-refractivity contribution in [2.75, 3.05) is 14.2 Å². The van der Waals surface area contributed by atoms with Gasteiger partial charge in [-0.2, -0.15) is 0 Å². The van der Waals surface area contributed by atoms with Gasteiger partial charge < -0.3 is 15.2 Å². The zero-order valence-corrected chi connectivity index (χ0v) is 12.5. The van der Waals surface area contributed by atoms with Crippen LogP contribution in [0.2, 0.25) is 0 Å². The molecule has 0 bridgehead atoms. The average molecular weight is 314 g/mol. The lowest BCUT2D eigenvalue weighted by Gasteiger charge is -2.15. The van der Waals surface area contributed by atoms with Gasteiger partial charge in [0.2, 0.25) is 0 Å². The van der Waals surface area contributed by atoms with Crippen molar-refractivity contribution in [3.8, 4) is 11.5 Å². The smallest absolute Gasteiger partial charge is 0.139 e. The van der Waals surface area contributed by atoms with Crippen LogP contribution in [0, 0.1) is 5.92 Å². The third kappa shape index (κ3) is 2.98. The fourth-order valence-corrected chi connectivity index (χ4v) is 2.95. The van der Waals surface area contributed by atoms with E-state index in [1.54, 1.807) is 14.2 Å². The highest BCUT2D eigenvalue weighted by Crippen LogP contribution is 2.38. The van der Waals surface area contributed by atoms with E-state index in [-0.39, 0.29) is 0 Å². The van der Waals surface area contributed by atoms with Crippen LogP contribution >= 0.6 is 15.9 Å². The molecule has 1 aliphatic rings. The molecule has 3 nitrogen and oxygen atoms in total. The Morgan fingerprint density at radius 2 is 2.06 bits per heavy atom. The van der Waals surface area contributed by atoms with E-state index in [2.05, 4.69) is 22.0 Å². The maximum Gasteiger partial charge on any atom is 0.139 e. The highest BCUT2D eigenvalue weighted by Gasteiger charge is 2.28. The number of ether oxygens (including phenoxy) is 2. The number of methoxy groups -OCH3 is 2. The van der Waals surface area contributed by atoms with Crippen molar-refractivity contribution in [1.29, 1.82) is 0 Å². The zero-order chi connectivity index (χ0) is 13.1. The van der Waals surface area contributed by atoms with Gasteiger partial charge in [0, 0.05) is 6.04 Å². The SMILES string of the molecule is COc1ccc(CCC(N)C2CC2)c(OC)c1Br. The summed E-state index contributed by atoms with van der Waals surface area (Å²) < 4.78 is 11.6. The summed E-state index contributed by atoms with van der Waals surface area (Å²) in [5.41, 5.74) is 7.32. The van der Waals surface area contributed by atoms with Crippen LogP contribution in [0.25, 0.3) is 0 Å². The molecule has 1 saturated carbocycles. The molecule has 0 amide bonds. The predicted molar refractivity (Wildman–Crippen MR) is 76.3 cm³/mol. The summed E-state index contributed by atoms with van der Waals surface area (Å²) in [6.07, 6.45) is 4.55. The monoisotopic (exact) mass is 313 g/mol. The lowest BCUT2D eigenvalue weighted by Crippen LogP contribution is -2.23. The normalized spacial score (nSPS) is 16.4. The minimum Gasteiger partial charge on any atom is -0.495 e. The highest BCUT2D eigenvalue weighted by atomic mass is 79.9. The lowest BCUT2D eigenvalue weighted by atomic mass is 10.0. The van der Waals surface area contributed by atoms with Gasteiger partial charge in [0.05, 0.1) is 14.2 Å². The van der Waals surface area contributed by atoms with E-state index < -0.39 is 0 Å². The molecule has 18 heavy (non-hydrogen) atoms. The minimum atomic E-state index is 0.329. The molecule has 1 aliphatic carbocycles. The zero-order valence-electron chi connectivity index (χ0n) is 10.9. The molecule has 0 heterocycles. The summed E-state index contributed by atoms with van der Waals surface area (Å²) in [5, 5.41) is 0. The number of rotatable bonds is 6. The quantitative estimate of drug-likeness (QED) is 0.877. The third-order valence-corrected chi connectivity index (χ3v) is 4.29. The Morgan fingerprint density at radius 1 is 1.33 bits per heavy atom. The van der Waals surface area contributed by atoms with Gasteiger partial charge in [0.25, 0.3) is 0 Å². The third-order valence-electron chi connectivity index (χ3n) is 3.54. The van der Waals surface area contributed by atoms with Gasteiger partial charge in [-0.25, -0.2) is 0 Å². The van der Waals surface area contributed by atoms with Gasteiger partial charge in [-0.3, -0.25) is 0 Å². The molecule has 0 aromatic heterocycles. The van der Waals surface area contributed by atoms with Gasteiger partial charge in [-0.1, -0.05) is 6.07 Å². The van der Waals surface area contributed by atoms with E-state index in [4.69, 9.17) is 15.2 Å². The molecule has 1 fully saturated rings. The van der Waals surface area contributed by atoms with Crippen molar-refractivity contribution in [2.24, 2.45) is 11.7 Å². The Labute approximate surface area is 117 Å². The van der Waals surface area contributed by atoms with Crippen molar-refractivity contribution in [3.05, 3.63) is 22.2 Å². The average Bonchev–Trinajstić information content (AvgIpc) is 3.20. The van der Waals surface area contributed by atoms with Crippen molar-refractivity contribution in [1.82, 2.24) is 0 Å². The van der Waals surface area contributed by atoms with E-state index in [1.807, 2.05) is 6.07 Å². The van der Waals surface area contributed by atoms with Crippen LogP contribution in [0.15, 0.2) is 16.6 Å². The van der Waals surface area contributed by atoms with Crippen LogP contribution in [-0.4, -0.2) is 20.3 Å². The molecular formula is C14H20BrNO2. The maximum atomic E-state index is 6.14. The molecule has 1 unspecified atom stereocenters. The molecule has 0 saturated heterocycles. The number of benzene rings is 1. The van der Waals surface area contributed by atoms with Gasteiger partial charge in [-0.05, 0) is 59.2 Å². The summed E-state index contributed by atoms with van der Waals surface area (Å²) in [5.74, 6) is 2.40. The first-order chi connectivity index (χ1) is 8.67. The Balaban J connectivity index is 2.09. The van der Waals surface area contributed by atoms with E-state index >= 15 is 0 Å². The summed E-state index contributed by atoms with van der Waals surface area (Å²) >= 11 is 3.52. The first-order valence-electron chi connectivity index (χ1n) is 6.32. The highest BCUT2D eigenvalue weighted by molar-refractivity contribution is 9.10. The fourth-order valence-electron chi connectivity index (χ4n) is 2.24. The Kier molecular flexibility index (Phi) is 4.51. The van der Waals surface area contributed by atoms with Crippen molar-refractivity contribution < 1.29 is 9.47 Å². The number of nitrogens with two attached hydrogens (primary N) is 1. The number of hydrogen-bond donors (Lipinski definition) is 1. The summed E-state index contributed by atoms with van der Waals surface area (Å²) in [6, 6.07) is 4.35. The van der Waals surface area contributed by atoms with Gasteiger partial charge in [-0.15, -0.1) is 0 Å². The van der Waals surface area contributed by atoms with Crippen LogP contribution in [0.5, 0.6) is 11.5 Å². The molecule has 1 aromatic rings. The second-order valence-corrected chi connectivity index (χ2v) is 5.61. The lowest BCUT2D eigenvalue weighted by molar-refractivity contribution is 0.385. The predicted octanol–water partition coefficient (Wildman–Crippen LogP) is 3.14. The van der Waals surface area contributed by atoms with Crippen LogP contribution in [0.4, 0.5) is 0 Å². The van der Waals surface area contributed by atoms with Crippen LogP contribution in [0.1, 0.15) is 24.8 Å². The van der Waals surface area contributed by atoms with E-state index in [1.165, 1.54) is 18.4 Å². The molecule has 0 radical (unpaired) electrons. The minimum absolute atomic E-state index is 0.329. The second-order valence-electron chi connectivity index (χ2n) is 4.81. The van der Waals surface area contributed by atoms with Crippen LogP contribution in [0.3, 0.4) is 0 Å². The first kappa shape index (κ1) is 13.7. The Hall–Kier alpha value is -0.740. The molecule has 0 spiro atoms. The first-order valence-corrected chi connectivity index (χ1v) is 7.11. The van der Waals surface area contributed by atoms with E-state index in [0.717, 1.165) is 34.7 Å². The summed E-state index contributed by atoms with van der Waals surface area (Å²) in [4.78, 5) is 0. The van der Waals surface area contributed by atoms with Gasteiger partial charge >= 0.3 is 0 Å². The standard InChI is InChI=1S/C14H20BrNO2/c1-17-12-8-6-10(14(18-2)13(12)15)5-7-11(16)9-3-4-9/h6,8-9,11H,3-5,7,16H2,1-2H3. The summed E-state index contributed by atoms with van der Waals surface area (Å²) in [6.45, 7) is 0. The molecule has 2 rings (SSSR count). The topological polar surface area (TPSA) is 44.5 Å². The fraction of sp³-hybridized carbons (Fsp3) is 0.571. The number of hydrogen-bond acceptors (Lipinski definition) is 3. The second kappa shape index (κ2) is 5.93. The molecule has 0 aliphatic heterocycles. The van der Waals surface area contributed by atoms with Crippen LogP contribution < -0.4 is 15.2 Å². The van der Waals surface area contributed by atoms with E-state index in [9.17, 15) is 0 Å². The Morgan fingerprint density at radius 3 is 2.61 bits per heavy atom. The van der Waals surface area contributed by atoms with Crippen molar-refractivity contribution in [3.63, 3.8) is 0 Å². The van der Waals surface area contributed by atoms with Crippen molar-refractivity contribution in [2.45, 2.75) is 31.7 Å². The molecule has 2 N–H and O–H groups in total. The van der Waals surface area contributed by atoms with Gasteiger partial charge in [0.15, 0.2) is 0 Å². The van der Waals surface area contributed by atoms with Crippen LogP contribution in [-0.2, 0) is 6.42 Å². The summed E-state index contributed by atoms with van der Waals surface area (Å²) in [7, 11) is 3.34.